The minimum absolute atomic E-state index is 0.126. The summed E-state index contributed by atoms with van der Waals surface area (Å²) in [5.41, 5.74) is -2.86. The maximum absolute atomic E-state index is 13.5. The molecular weight excluding hydrogens is 541 g/mol. The molecule has 1 unspecified atom stereocenters. The van der Waals surface area contributed by atoms with Gasteiger partial charge < -0.3 is 15.7 Å². The number of carbonyl (C=O) groups is 2. The van der Waals surface area contributed by atoms with Crippen LogP contribution in [0.25, 0.3) is 0 Å². The first-order chi connectivity index (χ1) is 17.5. The molecule has 3 N–H and O–H groups in total. The highest BCUT2D eigenvalue weighted by Crippen LogP contribution is 2.36. The summed E-state index contributed by atoms with van der Waals surface area (Å²) in [7, 11) is 0. The molecule has 0 aliphatic heterocycles. The second-order valence-electron chi connectivity index (χ2n) is 6.98. The van der Waals surface area contributed by atoms with Crippen LogP contribution < -0.4 is 10.6 Å². The maximum atomic E-state index is 13.5. The van der Waals surface area contributed by atoms with Gasteiger partial charge in [-0.25, -0.2) is 9.59 Å². The van der Waals surface area contributed by atoms with Gasteiger partial charge in [0.1, 0.15) is 11.7 Å². The molecule has 2 amide bonds. The van der Waals surface area contributed by atoms with Gasteiger partial charge in [-0.05, 0) is 35.9 Å². The Kier molecular flexibility index (Phi) is 9.20. The molecule has 17 heteroatoms. The maximum Gasteiger partial charge on any atom is 0.490 e. The van der Waals surface area contributed by atoms with Gasteiger partial charge in [0, 0.05) is 18.6 Å². The lowest BCUT2D eigenvalue weighted by atomic mass is 10.00. The van der Waals surface area contributed by atoms with Crippen molar-refractivity contribution >= 4 is 17.7 Å². The van der Waals surface area contributed by atoms with Crippen molar-refractivity contribution in [3.63, 3.8) is 0 Å². The van der Waals surface area contributed by atoms with Crippen molar-refractivity contribution in [1.82, 2.24) is 20.3 Å². The summed E-state index contributed by atoms with van der Waals surface area (Å²) >= 11 is 0. The van der Waals surface area contributed by atoms with Crippen LogP contribution >= 0.6 is 0 Å². The number of rotatable bonds is 4. The zero-order chi connectivity index (χ0) is 28.7. The van der Waals surface area contributed by atoms with Crippen LogP contribution in [0, 0.1) is 0 Å². The molecule has 0 saturated heterocycles. The van der Waals surface area contributed by atoms with Crippen LogP contribution in [-0.4, -0.2) is 38.2 Å². The summed E-state index contributed by atoms with van der Waals surface area (Å²) in [6.45, 7) is 0. The van der Waals surface area contributed by atoms with E-state index in [0.29, 0.717) is 6.07 Å². The van der Waals surface area contributed by atoms with Gasteiger partial charge in [-0.3, -0.25) is 15.0 Å². The molecule has 204 valence electrons. The standard InChI is InChI=1S/C19H13F6N5O.C2HF3O2/c20-18(21,22)13-4-2-8-27-16(13)15(11-5-6-14(28-9-11)19(23,24)25)30-17(31)29-12-3-1-7-26-10-12;3-2(4,5)1(6)7/h1-10,15H,(H2,29,30,31);(H,6,7). The van der Waals surface area contributed by atoms with E-state index >= 15 is 0 Å². The minimum atomic E-state index is -5.08. The van der Waals surface area contributed by atoms with Crippen molar-refractivity contribution in [3.8, 4) is 0 Å². The Morgan fingerprint density at radius 2 is 1.45 bits per heavy atom. The second-order valence-corrected chi connectivity index (χ2v) is 6.98. The van der Waals surface area contributed by atoms with E-state index < -0.39 is 53.5 Å². The van der Waals surface area contributed by atoms with Crippen LogP contribution in [0.2, 0.25) is 0 Å². The zero-order valence-corrected chi connectivity index (χ0v) is 18.4. The number of urea groups is 1. The fourth-order valence-corrected chi connectivity index (χ4v) is 2.68. The van der Waals surface area contributed by atoms with Crippen LogP contribution in [-0.2, 0) is 17.1 Å². The van der Waals surface area contributed by atoms with E-state index in [-0.39, 0.29) is 11.3 Å². The first-order valence-electron chi connectivity index (χ1n) is 9.83. The molecule has 0 aromatic carbocycles. The van der Waals surface area contributed by atoms with Gasteiger partial charge >= 0.3 is 30.5 Å². The van der Waals surface area contributed by atoms with Crippen molar-refractivity contribution in [2.75, 3.05) is 5.32 Å². The summed E-state index contributed by atoms with van der Waals surface area (Å²) in [5, 5.41) is 11.8. The van der Waals surface area contributed by atoms with E-state index in [1.807, 2.05) is 0 Å². The zero-order valence-electron chi connectivity index (χ0n) is 18.4. The molecule has 0 aliphatic carbocycles. The van der Waals surface area contributed by atoms with E-state index in [4.69, 9.17) is 9.90 Å². The van der Waals surface area contributed by atoms with Crippen LogP contribution in [0.1, 0.15) is 28.6 Å². The third kappa shape index (κ3) is 8.59. The first-order valence-corrected chi connectivity index (χ1v) is 9.83. The quantitative estimate of drug-likeness (QED) is 0.369. The highest BCUT2D eigenvalue weighted by Gasteiger charge is 2.39. The van der Waals surface area contributed by atoms with Crippen LogP contribution in [0.15, 0.2) is 61.2 Å². The van der Waals surface area contributed by atoms with Crippen LogP contribution in [0.3, 0.4) is 0 Å². The predicted molar refractivity (Wildman–Crippen MR) is 110 cm³/mol. The number of carboxylic acid groups (broad SMARTS) is 1. The topological polar surface area (TPSA) is 117 Å². The normalized spacial score (nSPS) is 12.6. The van der Waals surface area contributed by atoms with Gasteiger partial charge in [0.25, 0.3) is 0 Å². The van der Waals surface area contributed by atoms with E-state index in [2.05, 4.69) is 25.6 Å². The Morgan fingerprint density at radius 1 is 0.816 bits per heavy atom. The summed E-state index contributed by atoms with van der Waals surface area (Å²) in [5.74, 6) is -2.76. The van der Waals surface area contributed by atoms with Gasteiger partial charge in [-0.2, -0.15) is 39.5 Å². The van der Waals surface area contributed by atoms with Gasteiger partial charge in [0.05, 0.1) is 23.1 Å². The summed E-state index contributed by atoms with van der Waals surface area (Å²) in [6, 6.07) is 3.91. The van der Waals surface area contributed by atoms with Crippen LogP contribution in [0.5, 0.6) is 0 Å². The summed E-state index contributed by atoms with van der Waals surface area (Å²) in [4.78, 5) is 32.1. The fourth-order valence-electron chi connectivity index (χ4n) is 2.68. The largest absolute Gasteiger partial charge is 0.490 e. The Bertz CT molecular complexity index is 1230. The number of nitrogens with one attached hydrogen (secondary N) is 2. The number of hydrogen-bond acceptors (Lipinski definition) is 5. The third-order valence-corrected chi connectivity index (χ3v) is 4.26. The molecule has 3 heterocycles. The number of alkyl halides is 9. The second kappa shape index (κ2) is 11.7. The molecule has 3 rings (SSSR count). The number of amides is 2. The summed E-state index contributed by atoms with van der Waals surface area (Å²) < 4.78 is 111. The van der Waals surface area contributed by atoms with E-state index in [9.17, 15) is 44.3 Å². The molecule has 0 radical (unpaired) electrons. The van der Waals surface area contributed by atoms with Crippen molar-refractivity contribution in [2.45, 2.75) is 24.6 Å². The average Bonchev–Trinajstić information content (AvgIpc) is 2.82. The number of aliphatic carboxylic acids is 1. The predicted octanol–water partition coefficient (Wildman–Crippen LogP) is 5.45. The highest BCUT2D eigenvalue weighted by atomic mass is 19.4. The minimum Gasteiger partial charge on any atom is -0.475 e. The Morgan fingerprint density at radius 3 is 1.92 bits per heavy atom. The number of carbonyl (C=O) groups excluding carboxylic acids is 1. The SMILES string of the molecule is O=C(Nc1cccnc1)NC(c1ccc(C(F)(F)F)nc1)c1ncccc1C(F)(F)F.O=C(O)C(F)(F)F. The highest BCUT2D eigenvalue weighted by molar-refractivity contribution is 5.89. The van der Waals surface area contributed by atoms with Crippen molar-refractivity contribution in [3.05, 3.63) is 83.7 Å². The number of aromatic nitrogens is 3. The fraction of sp³-hybridized carbons (Fsp3) is 0.190. The van der Waals surface area contributed by atoms with Gasteiger partial charge in [0.2, 0.25) is 0 Å². The molecule has 0 fully saturated rings. The summed E-state index contributed by atoms with van der Waals surface area (Å²) in [6.07, 6.45) is -10.1. The van der Waals surface area contributed by atoms with Crippen LogP contribution in [0.4, 0.5) is 50.0 Å². The van der Waals surface area contributed by atoms with Crippen molar-refractivity contribution in [2.24, 2.45) is 0 Å². The van der Waals surface area contributed by atoms with E-state index in [1.54, 1.807) is 0 Å². The average molecular weight is 555 g/mol. The molecule has 8 nitrogen and oxygen atoms in total. The first kappa shape index (κ1) is 29.8. The molecule has 3 aromatic heterocycles. The van der Waals surface area contributed by atoms with Gasteiger partial charge in [-0.1, -0.05) is 6.07 Å². The van der Waals surface area contributed by atoms with Crippen molar-refractivity contribution < 1.29 is 54.2 Å². The Hall–Kier alpha value is -4.44. The Labute approximate surface area is 206 Å². The molecule has 0 saturated carbocycles. The lowest BCUT2D eigenvalue weighted by molar-refractivity contribution is -0.192. The van der Waals surface area contributed by atoms with E-state index in [1.165, 1.54) is 24.5 Å². The molecule has 0 spiro atoms. The third-order valence-electron chi connectivity index (χ3n) is 4.26. The number of halogens is 9. The monoisotopic (exact) mass is 555 g/mol. The van der Waals surface area contributed by atoms with Gasteiger partial charge in [-0.15, -0.1) is 0 Å². The molecule has 3 aromatic rings. The van der Waals surface area contributed by atoms with Crippen molar-refractivity contribution in [1.29, 1.82) is 0 Å². The van der Waals surface area contributed by atoms with Gasteiger partial charge in [0.15, 0.2) is 0 Å². The lowest BCUT2D eigenvalue weighted by Crippen LogP contribution is -2.35. The number of nitrogens with zero attached hydrogens (tertiary/aromatic N) is 3. The number of carboxylic acids is 1. The Balaban J connectivity index is 0.000000638. The number of hydrogen-bond donors (Lipinski definition) is 3. The number of pyridine rings is 3. The molecule has 38 heavy (non-hydrogen) atoms. The lowest BCUT2D eigenvalue weighted by Gasteiger charge is -2.22. The number of anilines is 1. The molecule has 0 aliphatic rings. The molecule has 0 bridgehead atoms. The smallest absolute Gasteiger partial charge is 0.475 e. The van der Waals surface area contributed by atoms with E-state index in [0.717, 1.165) is 30.6 Å². The molecule has 1 atom stereocenters. The molecular formula is C21H14F9N5O3.